The summed E-state index contributed by atoms with van der Waals surface area (Å²) >= 11 is 5.01. The molecule has 7 nitrogen and oxygen atoms in total. The molecule has 158 valence electrons. The van der Waals surface area contributed by atoms with E-state index in [2.05, 4.69) is 21.5 Å². The van der Waals surface area contributed by atoms with Crippen LogP contribution in [0.1, 0.15) is 63.4 Å². The van der Waals surface area contributed by atoms with E-state index in [9.17, 15) is 14.4 Å². The van der Waals surface area contributed by atoms with E-state index in [0.29, 0.717) is 18.9 Å². The van der Waals surface area contributed by atoms with Crippen molar-refractivity contribution >= 4 is 35.1 Å². The third-order valence-corrected chi connectivity index (χ3v) is 5.19. The Balaban J connectivity index is 1.52. The average Bonchev–Trinajstić information content (AvgIpc) is 2.75. The molecule has 0 unspecified atom stereocenters. The fraction of sp³-hybridized carbons (Fsp3) is 0.524. The highest BCUT2D eigenvalue weighted by Gasteiger charge is 2.15. The fourth-order valence-electron chi connectivity index (χ4n) is 3.33. The quantitative estimate of drug-likeness (QED) is 0.384. The van der Waals surface area contributed by atoms with Crippen molar-refractivity contribution in [3.8, 4) is 0 Å². The van der Waals surface area contributed by atoms with Crippen LogP contribution in [0.15, 0.2) is 30.3 Å². The minimum atomic E-state index is -0.376. The lowest BCUT2D eigenvalue weighted by Crippen LogP contribution is -2.48. The number of benzene rings is 1. The second kappa shape index (κ2) is 12.9. The topological polar surface area (TPSA) is 99.3 Å². The molecule has 1 aromatic carbocycles. The van der Waals surface area contributed by atoms with Crippen molar-refractivity contribution in [2.24, 2.45) is 5.92 Å². The maximum absolute atomic E-state index is 11.9. The molecule has 0 atom stereocenters. The smallest absolute Gasteiger partial charge is 0.238 e. The summed E-state index contributed by atoms with van der Waals surface area (Å²) in [5.41, 5.74) is 5.90. The molecule has 2 rings (SSSR count). The minimum absolute atomic E-state index is 0.0197. The molecule has 0 bridgehead atoms. The van der Waals surface area contributed by atoms with E-state index < -0.39 is 0 Å². The summed E-state index contributed by atoms with van der Waals surface area (Å²) < 4.78 is 0. The van der Waals surface area contributed by atoms with Crippen molar-refractivity contribution in [2.75, 3.05) is 0 Å². The van der Waals surface area contributed by atoms with Gasteiger partial charge in [0, 0.05) is 25.8 Å². The highest BCUT2D eigenvalue weighted by molar-refractivity contribution is 7.80. The molecule has 3 amide bonds. The van der Waals surface area contributed by atoms with Crippen LogP contribution in [0, 0.1) is 5.92 Å². The van der Waals surface area contributed by atoms with Crippen LogP contribution < -0.4 is 21.5 Å². The first-order valence-corrected chi connectivity index (χ1v) is 10.6. The Morgan fingerprint density at radius 3 is 2.28 bits per heavy atom. The number of thiocarbonyl (C=S) groups is 1. The zero-order valence-corrected chi connectivity index (χ0v) is 17.5. The standard InChI is InChI=1S/C21H30N4O3S/c26-18(22-15-17-9-5-2-6-10-17)13-14-20(28)24-25-21(29)23-19(27)12-11-16-7-3-1-4-8-16/h2,5-6,9-10,16H,1,3-4,7-8,11-15H2,(H,22,26)(H,24,28)(H2,23,25,27,29). The van der Waals surface area contributed by atoms with Crippen LogP contribution in [0.5, 0.6) is 0 Å². The van der Waals surface area contributed by atoms with Gasteiger partial charge in [-0.15, -0.1) is 0 Å². The van der Waals surface area contributed by atoms with Crippen molar-refractivity contribution in [3.63, 3.8) is 0 Å². The Morgan fingerprint density at radius 2 is 1.55 bits per heavy atom. The molecule has 0 aliphatic heterocycles. The lowest BCUT2D eigenvalue weighted by Gasteiger charge is -2.21. The Morgan fingerprint density at radius 1 is 0.862 bits per heavy atom. The molecule has 0 spiro atoms. The number of carbonyl (C=O) groups is 3. The molecule has 8 heteroatoms. The first-order valence-electron chi connectivity index (χ1n) is 10.2. The number of hydrogen-bond donors (Lipinski definition) is 4. The van der Waals surface area contributed by atoms with Crippen molar-refractivity contribution in [1.29, 1.82) is 0 Å². The zero-order chi connectivity index (χ0) is 20.9. The summed E-state index contributed by atoms with van der Waals surface area (Å²) in [4.78, 5) is 35.6. The normalized spacial score (nSPS) is 13.9. The summed E-state index contributed by atoms with van der Waals surface area (Å²) in [6, 6.07) is 9.55. The van der Waals surface area contributed by atoms with Crippen molar-refractivity contribution < 1.29 is 14.4 Å². The SMILES string of the molecule is O=C(CCC(=O)NNC(=S)NC(=O)CCC1CCCCC1)NCc1ccccc1. The van der Waals surface area contributed by atoms with Crippen LogP contribution in [0.4, 0.5) is 0 Å². The van der Waals surface area contributed by atoms with Crippen LogP contribution in [0.3, 0.4) is 0 Å². The van der Waals surface area contributed by atoms with Gasteiger partial charge in [-0.25, -0.2) is 0 Å². The second-order valence-corrected chi connectivity index (χ2v) is 7.76. The lowest BCUT2D eigenvalue weighted by molar-refractivity contribution is -0.126. The Kier molecular flexibility index (Phi) is 10.1. The van der Waals surface area contributed by atoms with Gasteiger partial charge in [-0.3, -0.25) is 25.2 Å². The Bertz CT molecular complexity index is 690. The summed E-state index contributed by atoms with van der Waals surface area (Å²) in [7, 11) is 0. The van der Waals surface area contributed by atoms with Gasteiger partial charge in [-0.2, -0.15) is 0 Å². The molecule has 1 fully saturated rings. The van der Waals surface area contributed by atoms with Gasteiger partial charge in [-0.05, 0) is 30.1 Å². The summed E-state index contributed by atoms with van der Waals surface area (Å²) in [6.07, 6.45) is 7.60. The van der Waals surface area contributed by atoms with Crippen LogP contribution in [0.2, 0.25) is 0 Å². The minimum Gasteiger partial charge on any atom is -0.352 e. The van der Waals surface area contributed by atoms with Crippen molar-refractivity contribution in [1.82, 2.24) is 21.5 Å². The predicted octanol–water partition coefficient (Wildman–Crippen LogP) is 2.47. The molecule has 0 saturated heterocycles. The van der Waals surface area contributed by atoms with Crippen LogP contribution in [-0.2, 0) is 20.9 Å². The van der Waals surface area contributed by atoms with Gasteiger partial charge in [0.1, 0.15) is 0 Å². The van der Waals surface area contributed by atoms with Gasteiger partial charge in [0.2, 0.25) is 17.7 Å². The van der Waals surface area contributed by atoms with E-state index in [1.54, 1.807) is 0 Å². The molecule has 1 aromatic rings. The molecule has 1 saturated carbocycles. The first kappa shape index (κ1) is 22.8. The molecule has 0 radical (unpaired) electrons. The zero-order valence-electron chi connectivity index (χ0n) is 16.7. The number of carbonyl (C=O) groups excluding carboxylic acids is 3. The van der Waals surface area contributed by atoms with E-state index in [1.807, 2.05) is 30.3 Å². The maximum Gasteiger partial charge on any atom is 0.238 e. The molecule has 1 aliphatic carbocycles. The second-order valence-electron chi connectivity index (χ2n) is 7.36. The van der Waals surface area contributed by atoms with E-state index in [1.165, 1.54) is 32.1 Å². The molecular formula is C21H30N4O3S. The Hall–Kier alpha value is -2.48. The number of hydrogen-bond acceptors (Lipinski definition) is 4. The molecule has 1 aliphatic rings. The van der Waals surface area contributed by atoms with Crippen molar-refractivity contribution in [3.05, 3.63) is 35.9 Å². The van der Waals surface area contributed by atoms with E-state index in [4.69, 9.17) is 12.2 Å². The van der Waals surface area contributed by atoms with Crippen LogP contribution in [-0.4, -0.2) is 22.8 Å². The summed E-state index contributed by atoms with van der Waals surface area (Å²) in [5, 5.41) is 5.39. The molecule has 0 heterocycles. The van der Waals surface area contributed by atoms with Gasteiger partial charge in [0.15, 0.2) is 5.11 Å². The fourth-order valence-corrected chi connectivity index (χ4v) is 3.50. The van der Waals surface area contributed by atoms with Gasteiger partial charge in [0.05, 0.1) is 0 Å². The monoisotopic (exact) mass is 418 g/mol. The summed E-state index contributed by atoms with van der Waals surface area (Å²) in [6.45, 7) is 0.427. The molecule has 29 heavy (non-hydrogen) atoms. The van der Waals surface area contributed by atoms with Crippen molar-refractivity contribution in [2.45, 2.75) is 64.3 Å². The summed E-state index contributed by atoms with van der Waals surface area (Å²) in [5.74, 6) is -0.104. The van der Waals surface area contributed by atoms with Gasteiger partial charge in [-0.1, -0.05) is 62.4 Å². The van der Waals surface area contributed by atoms with Gasteiger partial charge < -0.3 is 10.6 Å². The number of amides is 3. The molecule has 4 N–H and O–H groups in total. The molecule has 0 aromatic heterocycles. The van der Waals surface area contributed by atoms with Crippen LogP contribution >= 0.6 is 12.2 Å². The highest BCUT2D eigenvalue weighted by atomic mass is 32.1. The largest absolute Gasteiger partial charge is 0.352 e. The maximum atomic E-state index is 11.9. The number of nitrogens with one attached hydrogen (secondary N) is 4. The lowest BCUT2D eigenvalue weighted by atomic mass is 9.86. The third-order valence-electron chi connectivity index (χ3n) is 4.98. The number of hydrazine groups is 1. The predicted molar refractivity (Wildman–Crippen MR) is 115 cm³/mol. The van der Waals surface area contributed by atoms with Crippen LogP contribution in [0.25, 0.3) is 0 Å². The number of rotatable bonds is 8. The first-order chi connectivity index (χ1) is 14.0. The Labute approximate surface area is 177 Å². The van der Waals surface area contributed by atoms with E-state index >= 15 is 0 Å². The van der Waals surface area contributed by atoms with Gasteiger partial charge >= 0.3 is 0 Å². The third kappa shape index (κ3) is 10.0. The van der Waals surface area contributed by atoms with E-state index in [-0.39, 0.29) is 35.7 Å². The van der Waals surface area contributed by atoms with E-state index in [0.717, 1.165) is 12.0 Å². The average molecular weight is 419 g/mol. The molecular weight excluding hydrogens is 388 g/mol. The highest BCUT2D eigenvalue weighted by Crippen LogP contribution is 2.27. The van der Waals surface area contributed by atoms with Gasteiger partial charge in [0.25, 0.3) is 0 Å².